The van der Waals surface area contributed by atoms with Gasteiger partial charge in [-0.25, -0.2) is 0 Å². The van der Waals surface area contributed by atoms with E-state index >= 15 is 0 Å². The highest BCUT2D eigenvalue weighted by atomic mass is 16.5. The summed E-state index contributed by atoms with van der Waals surface area (Å²) in [5, 5.41) is 9.05. The third kappa shape index (κ3) is 6.12. The lowest BCUT2D eigenvalue weighted by Gasteiger charge is -2.13. The van der Waals surface area contributed by atoms with E-state index in [0.29, 0.717) is 12.5 Å². The fourth-order valence-corrected chi connectivity index (χ4v) is 2.53. The highest BCUT2D eigenvalue weighted by molar-refractivity contribution is 5.94. The average molecular weight is 354 g/mol. The van der Waals surface area contributed by atoms with Crippen LogP contribution >= 0.6 is 0 Å². The monoisotopic (exact) mass is 354 g/mol. The Bertz CT molecular complexity index is 745. The second-order valence-electron chi connectivity index (χ2n) is 5.83. The maximum absolute atomic E-state index is 12.0. The van der Waals surface area contributed by atoms with Gasteiger partial charge in [-0.1, -0.05) is 35.9 Å². The highest BCUT2D eigenvalue weighted by Gasteiger charge is 2.06. The third-order valence-electron chi connectivity index (χ3n) is 3.82. The molecule has 2 rings (SSSR count). The number of carbonyl (C=O) groups is 1. The van der Waals surface area contributed by atoms with Crippen LogP contribution in [0.2, 0.25) is 0 Å². The van der Waals surface area contributed by atoms with E-state index in [4.69, 9.17) is 4.74 Å². The number of hydrogen-bond acceptors (Lipinski definition) is 3. The van der Waals surface area contributed by atoms with Crippen LogP contribution in [0.4, 0.5) is 5.69 Å². The van der Waals surface area contributed by atoms with Gasteiger partial charge in [0.05, 0.1) is 13.7 Å². The molecule has 3 N–H and O–H groups in total. The predicted octanol–water partition coefficient (Wildman–Crippen LogP) is 2.35. The lowest BCUT2D eigenvalue weighted by Crippen LogP contribution is -2.42. The summed E-state index contributed by atoms with van der Waals surface area (Å²) in [5.74, 6) is 1.34. The van der Waals surface area contributed by atoms with Crippen molar-refractivity contribution in [1.29, 1.82) is 0 Å². The van der Waals surface area contributed by atoms with Crippen molar-refractivity contribution in [2.75, 3.05) is 32.6 Å². The normalized spacial score (nSPS) is 11.0. The number of nitrogens with one attached hydrogen (secondary N) is 3. The molecule has 0 fully saturated rings. The molecule has 6 heteroatoms. The van der Waals surface area contributed by atoms with Gasteiger partial charge in [0.25, 0.3) is 0 Å². The molecule has 0 aliphatic rings. The van der Waals surface area contributed by atoms with Crippen LogP contribution in [0, 0.1) is 6.92 Å². The molecule has 26 heavy (non-hydrogen) atoms. The Morgan fingerprint density at radius 3 is 2.58 bits per heavy atom. The minimum absolute atomic E-state index is 0.125. The molecule has 0 bridgehead atoms. The van der Waals surface area contributed by atoms with Crippen LogP contribution in [-0.2, 0) is 11.2 Å². The number of para-hydroxylation sites is 1. The predicted molar refractivity (Wildman–Crippen MR) is 106 cm³/mol. The van der Waals surface area contributed by atoms with Crippen molar-refractivity contribution >= 4 is 17.6 Å². The van der Waals surface area contributed by atoms with Crippen LogP contribution in [0.3, 0.4) is 0 Å². The van der Waals surface area contributed by atoms with Gasteiger partial charge in [0, 0.05) is 19.3 Å². The van der Waals surface area contributed by atoms with Gasteiger partial charge in [-0.15, -0.1) is 0 Å². The van der Waals surface area contributed by atoms with E-state index in [9.17, 15) is 4.79 Å². The molecular weight excluding hydrogens is 328 g/mol. The summed E-state index contributed by atoms with van der Waals surface area (Å²) in [6.07, 6.45) is 0.793. The van der Waals surface area contributed by atoms with E-state index in [-0.39, 0.29) is 12.5 Å². The van der Waals surface area contributed by atoms with Crippen LogP contribution in [0.15, 0.2) is 53.5 Å². The fourth-order valence-electron chi connectivity index (χ4n) is 2.53. The lowest BCUT2D eigenvalue weighted by molar-refractivity contribution is -0.115. The van der Waals surface area contributed by atoms with Gasteiger partial charge in [0.1, 0.15) is 5.75 Å². The molecule has 0 atom stereocenters. The largest absolute Gasteiger partial charge is 0.496 e. The van der Waals surface area contributed by atoms with Crippen molar-refractivity contribution in [2.24, 2.45) is 4.99 Å². The van der Waals surface area contributed by atoms with Gasteiger partial charge in [-0.3, -0.25) is 9.79 Å². The summed E-state index contributed by atoms with van der Waals surface area (Å²) in [5.41, 5.74) is 3.10. The van der Waals surface area contributed by atoms with Gasteiger partial charge in [-0.2, -0.15) is 0 Å². The van der Waals surface area contributed by atoms with Gasteiger partial charge < -0.3 is 20.7 Å². The topological polar surface area (TPSA) is 74.8 Å². The SMILES string of the molecule is CN=C(NCCc1cc(C)ccc1OC)NCC(=O)Nc1ccccc1. The van der Waals surface area contributed by atoms with Crippen LogP contribution in [0.25, 0.3) is 0 Å². The number of anilines is 1. The molecular formula is C20H26N4O2. The van der Waals surface area contributed by atoms with Crippen molar-refractivity contribution in [3.05, 3.63) is 59.7 Å². The lowest BCUT2D eigenvalue weighted by atomic mass is 10.1. The number of ether oxygens (including phenoxy) is 1. The Morgan fingerprint density at radius 2 is 1.88 bits per heavy atom. The Labute approximate surface area is 154 Å². The van der Waals surface area contributed by atoms with Crippen molar-refractivity contribution in [3.8, 4) is 5.75 Å². The Hall–Kier alpha value is -3.02. The first-order valence-electron chi connectivity index (χ1n) is 8.55. The van der Waals surface area contributed by atoms with E-state index in [0.717, 1.165) is 23.4 Å². The van der Waals surface area contributed by atoms with Crippen molar-refractivity contribution in [2.45, 2.75) is 13.3 Å². The van der Waals surface area contributed by atoms with Crippen molar-refractivity contribution in [1.82, 2.24) is 10.6 Å². The number of nitrogens with zero attached hydrogens (tertiary/aromatic N) is 1. The van der Waals surface area contributed by atoms with Crippen LogP contribution < -0.4 is 20.7 Å². The number of benzene rings is 2. The molecule has 2 aromatic rings. The first-order chi connectivity index (χ1) is 12.6. The zero-order valence-electron chi connectivity index (χ0n) is 15.5. The number of methoxy groups -OCH3 is 1. The molecule has 138 valence electrons. The second-order valence-corrected chi connectivity index (χ2v) is 5.83. The molecule has 0 aliphatic carbocycles. The van der Waals surface area contributed by atoms with Gasteiger partial charge in [0.2, 0.25) is 5.91 Å². The summed E-state index contributed by atoms with van der Waals surface area (Å²) in [7, 11) is 3.35. The molecule has 0 heterocycles. The molecule has 0 spiro atoms. The van der Waals surface area contributed by atoms with Gasteiger partial charge in [-0.05, 0) is 37.1 Å². The summed E-state index contributed by atoms with van der Waals surface area (Å²) >= 11 is 0. The number of aryl methyl sites for hydroxylation is 1. The molecule has 0 aromatic heterocycles. The number of carbonyl (C=O) groups excluding carboxylic acids is 1. The van der Waals surface area contributed by atoms with Crippen LogP contribution in [0.1, 0.15) is 11.1 Å². The maximum atomic E-state index is 12.0. The first kappa shape index (κ1) is 19.3. The summed E-state index contributed by atoms with van der Waals surface area (Å²) in [6.45, 7) is 2.88. The second kappa shape index (κ2) is 10.1. The molecule has 0 unspecified atom stereocenters. The molecule has 0 saturated carbocycles. The molecule has 0 saturated heterocycles. The Kier molecular flexibility index (Phi) is 7.49. The van der Waals surface area contributed by atoms with E-state index in [1.165, 1.54) is 5.56 Å². The minimum Gasteiger partial charge on any atom is -0.496 e. The molecule has 0 radical (unpaired) electrons. The molecule has 1 amide bonds. The molecule has 6 nitrogen and oxygen atoms in total. The quantitative estimate of drug-likeness (QED) is 0.527. The number of hydrogen-bond donors (Lipinski definition) is 3. The number of rotatable bonds is 7. The zero-order valence-corrected chi connectivity index (χ0v) is 15.5. The molecule has 0 aliphatic heterocycles. The maximum Gasteiger partial charge on any atom is 0.243 e. The first-order valence-corrected chi connectivity index (χ1v) is 8.55. The highest BCUT2D eigenvalue weighted by Crippen LogP contribution is 2.19. The summed E-state index contributed by atoms with van der Waals surface area (Å²) in [6, 6.07) is 15.5. The molecule has 2 aromatic carbocycles. The van der Waals surface area contributed by atoms with Gasteiger partial charge >= 0.3 is 0 Å². The van der Waals surface area contributed by atoms with Crippen LogP contribution in [0.5, 0.6) is 5.75 Å². The average Bonchev–Trinajstić information content (AvgIpc) is 2.65. The van der Waals surface area contributed by atoms with E-state index in [1.54, 1.807) is 14.2 Å². The third-order valence-corrected chi connectivity index (χ3v) is 3.82. The van der Waals surface area contributed by atoms with E-state index in [1.807, 2.05) is 42.5 Å². The van der Waals surface area contributed by atoms with Crippen molar-refractivity contribution < 1.29 is 9.53 Å². The van der Waals surface area contributed by atoms with E-state index in [2.05, 4.69) is 33.9 Å². The minimum atomic E-state index is -0.125. The standard InChI is InChI=1S/C20H26N4O2/c1-15-9-10-18(26-3)16(13-15)11-12-22-20(21-2)23-14-19(25)24-17-7-5-4-6-8-17/h4-10,13H,11-12,14H2,1-3H3,(H,24,25)(H2,21,22,23). The zero-order chi connectivity index (χ0) is 18.8. The summed E-state index contributed by atoms with van der Waals surface area (Å²) in [4.78, 5) is 16.1. The Balaban J connectivity index is 1.77. The van der Waals surface area contributed by atoms with Gasteiger partial charge in [0.15, 0.2) is 5.96 Å². The number of amides is 1. The Morgan fingerprint density at radius 1 is 1.12 bits per heavy atom. The van der Waals surface area contributed by atoms with Crippen LogP contribution in [-0.4, -0.2) is 39.1 Å². The summed E-state index contributed by atoms with van der Waals surface area (Å²) < 4.78 is 5.39. The van der Waals surface area contributed by atoms with E-state index < -0.39 is 0 Å². The number of aliphatic imine (C=N–C) groups is 1. The fraction of sp³-hybridized carbons (Fsp3) is 0.300. The number of guanidine groups is 1. The van der Waals surface area contributed by atoms with Crippen molar-refractivity contribution in [3.63, 3.8) is 0 Å². The smallest absolute Gasteiger partial charge is 0.243 e.